The molecule has 0 bridgehead atoms. The van der Waals surface area contributed by atoms with Crippen LogP contribution < -0.4 is 5.32 Å². The van der Waals surface area contributed by atoms with Gasteiger partial charge < -0.3 is 5.32 Å². The highest BCUT2D eigenvalue weighted by Crippen LogP contribution is 2.26. The molecule has 0 spiro atoms. The van der Waals surface area contributed by atoms with Gasteiger partial charge in [-0.25, -0.2) is 0 Å². The largest absolute Gasteiger partial charge is 0.350 e. The number of carbonyl (C=O) groups is 1. The van der Waals surface area contributed by atoms with E-state index in [4.69, 9.17) is 5.26 Å². The van der Waals surface area contributed by atoms with Gasteiger partial charge in [0.25, 0.3) is 0 Å². The fourth-order valence-electron chi connectivity index (χ4n) is 1.69. The summed E-state index contributed by atoms with van der Waals surface area (Å²) >= 11 is 1.63. The van der Waals surface area contributed by atoms with Crippen LogP contribution in [0.1, 0.15) is 37.1 Å². The molecule has 92 valence electrons. The third-order valence-electron chi connectivity index (χ3n) is 3.23. The summed E-state index contributed by atoms with van der Waals surface area (Å²) in [7, 11) is 0. The molecular weight excluding hydrogens is 232 g/mol. The molecule has 1 rings (SSSR count). The second-order valence-electron chi connectivity index (χ2n) is 4.11. The van der Waals surface area contributed by atoms with Crippen LogP contribution in [0.3, 0.4) is 0 Å². The first kappa shape index (κ1) is 13.7. The summed E-state index contributed by atoms with van der Waals surface area (Å²) in [4.78, 5) is 13.2. The summed E-state index contributed by atoms with van der Waals surface area (Å²) in [6.07, 6.45) is 1.10. The van der Waals surface area contributed by atoms with Crippen molar-refractivity contribution in [3.63, 3.8) is 0 Å². The van der Waals surface area contributed by atoms with Gasteiger partial charge in [-0.15, -0.1) is 11.3 Å². The first-order chi connectivity index (χ1) is 8.09. The average Bonchev–Trinajstić information content (AvgIpc) is 2.75. The van der Waals surface area contributed by atoms with E-state index in [0.29, 0.717) is 19.4 Å². The summed E-state index contributed by atoms with van der Waals surface area (Å²) < 4.78 is 0. The Morgan fingerprint density at radius 1 is 1.53 bits per heavy atom. The quantitative estimate of drug-likeness (QED) is 0.873. The predicted octanol–water partition coefficient (Wildman–Crippen LogP) is 3.00. The highest BCUT2D eigenvalue weighted by Gasteiger charge is 2.34. The summed E-state index contributed by atoms with van der Waals surface area (Å²) in [6, 6.07) is 4.18. The van der Waals surface area contributed by atoms with Crippen molar-refractivity contribution in [2.24, 2.45) is 5.41 Å². The maximum Gasteiger partial charge on any atom is 0.240 e. The Bertz CT molecular complexity index is 427. The second-order valence-corrected chi connectivity index (χ2v) is 5.11. The van der Waals surface area contributed by atoms with Crippen molar-refractivity contribution in [2.75, 3.05) is 0 Å². The van der Waals surface area contributed by atoms with Crippen molar-refractivity contribution in [3.8, 4) is 6.07 Å². The van der Waals surface area contributed by atoms with Crippen LogP contribution in [0.4, 0.5) is 0 Å². The van der Waals surface area contributed by atoms with Crippen molar-refractivity contribution in [3.05, 3.63) is 21.9 Å². The smallest absolute Gasteiger partial charge is 0.240 e. The number of aryl methyl sites for hydroxylation is 1. The number of hydrogen-bond donors (Lipinski definition) is 1. The zero-order valence-corrected chi connectivity index (χ0v) is 11.4. The lowest BCUT2D eigenvalue weighted by atomic mass is 9.83. The van der Waals surface area contributed by atoms with Crippen LogP contribution in [0.5, 0.6) is 0 Å². The van der Waals surface area contributed by atoms with Gasteiger partial charge in [-0.2, -0.15) is 5.26 Å². The Hall–Kier alpha value is -1.34. The molecule has 0 aliphatic rings. The van der Waals surface area contributed by atoms with E-state index >= 15 is 0 Å². The first-order valence-electron chi connectivity index (χ1n) is 5.82. The number of nitrogens with one attached hydrogen (secondary N) is 1. The number of carbonyl (C=O) groups excluding carboxylic acids is 1. The summed E-state index contributed by atoms with van der Waals surface area (Å²) in [6.45, 7) is 6.30. The lowest BCUT2D eigenvalue weighted by Crippen LogP contribution is -2.38. The number of rotatable bonds is 5. The maximum absolute atomic E-state index is 12.0. The number of thiophene rings is 1. The fraction of sp³-hybridized carbons (Fsp3) is 0.538. The van der Waals surface area contributed by atoms with Crippen LogP contribution >= 0.6 is 11.3 Å². The normalized spacial score (nSPS) is 10.9. The third-order valence-corrected chi connectivity index (χ3v) is 4.26. The average molecular weight is 250 g/mol. The second kappa shape index (κ2) is 5.83. The molecule has 0 radical (unpaired) electrons. The van der Waals surface area contributed by atoms with E-state index < -0.39 is 5.41 Å². The summed E-state index contributed by atoms with van der Waals surface area (Å²) in [5.41, 5.74) is 0.316. The van der Waals surface area contributed by atoms with E-state index in [9.17, 15) is 4.79 Å². The molecule has 0 saturated heterocycles. The van der Waals surface area contributed by atoms with Crippen LogP contribution in [0.25, 0.3) is 0 Å². The van der Waals surface area contributed by atoms with Gasteiger partial charge in [0.15, 0.2) is 0 Å². The van der Waals surface area contributed by atoms with E-state index in [-0.39, 0.29) is 5.91 Å². The molecule has 0 unspecified atom stereocenters. The Kier molecular flexibility index (Phi) is 4.71. The number of nitriles is 1. The van der Waals surface area contributed by atoms with Crippen LogP contribution in [0.2, 0.25) is 0 Å². The molecule has 0 fully saturated rings. The van der Waals surface area contributed by atoms with E-state index in [1.165, 1.54) is 5.56 Å². The lowest BCUT2D eigenvalue weighted by molar-refractivity contribution is -0.128. The van der Waals surface area contributed by atoms with Gasteiger partial charge in [0, 0.05) is 4.88 Å². The first-order valence-corrected chi connectivity index (χ1v) is 6.70. The van der Waals surface area contributed by atoms with Crippen molar-refractivity contribution in [1.82, 2.24) is 5.32 Å². The van der Waals surface area contributed by atoms with E-state index in [1.54, 1.807) is 11.3 Å². The topological polar surface area (TPSA) is 52.9 Å². The Morgan fingerprint density at radius 2 is 2.18 bits per heavy atom. The Labute approximate surface area is 106 Å². The molecule has 1 amide bonds. The van der Waals surface area contributed by atoms with E-state index in [0.717, 1.165) is 4.88 Å². The maximum atomic E-state index is 12.0. The van der Waals surface area contributed by atoms with Gasteiger partial charge in [-0.1, -0.05) is 13.8 Å². The predicted molar refractivity (Wildman–Crippen MR) is 69.5 cm³/mol. The molecule has 1 aromatic heterocycles. The molecule has 17 heavy (non-hydrogen) atoms. The van der Waals surface area contributed by atoms with Crippen molar-refractivity contribution >= 4 is 17.2 Å². The van der Waals surface area contributed by atoms with Gasteiger partial charge >= 0.3 is 0 Å². The molecule has 0 aliphatic heterocycles. The summed E-state index contributed by atoms with van der Waals surface area (Å²) in [5.74, 6) is -0.155. The number of amides is 1. The molecule has 1 N–H and O–H groups in total. The van der Waals surface area contributed by atoms with E-state index in [1.807, 2.05) is 32.2 Å². The van der Waals surface area contributed by atoms with Crippen molar-refractivity contribution < 1.29 is 4.79 Å². The van der Waals surface area contributed by atoms with Crippen LogP contribution in [-0.4, -0.2) is 5.91 Å². The van der Waals surface area contributed by atoms with Crippen molar-refractivity contribution in [2.45, 2.75) is 40.2 Å². The number of nitrogens with zero attached hydrogens (tertiary/aromatic N) is 1. The molecule has 0 saturated carbocycles. The molecular formula is C13H18N2OS. The molecule has 1 heterocycles. The third kappa shape index (κ3) is 2.86. The summed E-state index contributed by atoms with van der Waals surface area (Å²) in [5, 5.41) is 14.0. The van der Waals surface area contributed by atoms with Gasteiger partial charge in [-0.05, 0) is 36.8 Å². The monoisotopic (exact) mass is 250 g/mol. The minimum absolute atomic E-state index is 0.155. The van der Waals surface area contributed by atoms with Crippen LogP contribution in [0.15, 0.2) is 11.4 Å². The molecule has 0 aromatic carbocycles. The zero-order valence-electron chi connectivity index (χ0n) is 10.5. The molecule has 3 nitrogen and oxygen atoms in total. The molecule has 1 aromatic rings. The lowest BCUT2D eigenvalue weighted by Gasteiger charge is -2.21. The molecule has 4 heteroatoms. The highest BCUT2D eigenvalue weighted by molar-refractivity contribution is 7.10. The Balaban J connectivity index is 2.67. The van der Waals surface area contributed by atoms with Gasteiger partial charge in [0.1, 0.15) is 5.41 Å². The van der Waals surface area contributed by atoms with Crippen LogP contribution in [-0.2, 0) is 11.3 Å². The molecule has 0 atom stereocenters. The standard InChI is InChI=1S/C13H18N2OS/c1-4-13(5-2,9-14)12(16)15-8-11-10(3)6-7-17-11/h6-7H,4-5,8H2,1-3H3,(H,15,16). The van der Waals surface area contributed by atoms with Gasteiger partial charge in [-0.3, -0.25) is 4.79 Å². The van der Waals surface area contributed by atoms with Crippen molar-refractivity contribution in [1.29, 1.82) is 5.26 Å². The SMILES string of the molecule is CCC(C#N)(CC)C(=O)NCc1sccc1C. The van der Waals surface area contributed by atoms with E-state index in [2.05, 4.69) is 11.4 Å². The minimum Gasteiger partial charge on any atom is -0.350 e. The highest BCUT2D eigenvalue weighted by atomic mass is 32.1. The number of hydrogen-bond acceptors (Lipinski definition) is 3. The fourth-order valence-corrected chi connectivity index (χ4v) is 2.54. The van der Waals surface area contributed by atoms with Gasteiger partial charge in [0.2, 0.25) is 5.91 Å². The van der Waals surface area contributed by atoms with Gasteiger partial charge in [0.05, 0.1) is 12.6 Å². The Morgan fingerprint density at radius 3 is 2.59 bits per heavy atom. The van der Waals surface area contributed by atoms with Crippen LogP contribution in [0, 0.1) is 23.7 Å². The zero-order chi connectivity index (χ0) is 12.9. The minimum atomic E-state index is -0.870. The molecule has 0 aliphatic carbocycles.